The standard InChI is InChI=1S/C21H19NO3/c1-25-19-10-9-15(23)13-17(19)20(24)22-21(11-12-21)18-8-4-6-14-5-2-3-7-16(14)18/h2-10,13,23H,11-12H2,1H3,(H,22,24). The summed E-state index contributed by atoms with van der Waals surface area (Å²) in [6.45, 7) is 0. The number of carbonyl (C=O) groups excluding carboxylic acids is 1. The minimum absolute atomic E-state index is 0.0426. The van der Waals surface area contributed by atoms with Crippen molar-refractivity contribution in [3.8, 4) is 11.5 Å². The molecule has 0 saturated heterocycles. The summed E-state index contributed by atoms with van der Waals surface area (Å²) in [5.74, 6) is 0.253. The van der Waals surface area contributed by atoms with Crippen molar-refractivity contribution in [3.05, 3.63) is 71.8 Å². The second kappa shape index (κ2) is 5.81. The first kappa shape index (κ1) is 15.5. The molecule has 3 aromatic rings. The predicted octanol–water partition coefficient (Wildman–Crippen LogP) is 3.97. The Kier molecular flexibility index (Phi) is 3.61. The number of fused-ring (bicyclic) bond motifs is 1. The zero-order chi connectivity index (χ0) is 17.4. The number of phenols is 1. The molecular weight excluding hydrogens is 314 g/mol. The van der Waals surface area contributed by atoms with E-state index in [2.05, 4.69) is 29.6 Å². The van der Waals surface area contributed by atoms with Gasteiger partial charge in [0.1, 0.15) is 11.5 Å². The van der Waals surface area contributed by atoms with Crippen molar-refractivity contribution in [2.24, 2.45) is 0 Å². The van der Waals surface area contributed by atoms with Crippen LogP contribution < -0.4 is 10.1 Å². The molecule has 126 valence electrons. The molecule has 25 heavy (non-hydrogen) atoms. The number of hydrogen-bond donors (Lipinski definition) is 2. The highest BCUT2D eigenvalue weighted by Crippen LogP contribution is 2.48. The number of aromatic hydroxyl groups is 1. The largest absolute Gasteiger partial charge is 0.508 e. The molecule has 4 rings (SSSR count). The predicted molar refractivity (Wildman–Crippen MR) is 97.0 cm³/mol. The fourth-order valence-electron chi connectivity index (χ4n) is 3.39. The number of benzene rings is 3. The Labute approximate surface area is 146 Å². The molecule has 4 nitrogen and oxygen atoms in total. The maximum Gasteiger partial charge on any atom is 0.255 e. The number of amides is 1. The molecule has 2 N–H and O–H groups in total. The van der Waals surface area contributed by atoms with Gasteiger partial charge in [0, 0.05) is 0 Å². The van der Waals surface area contributed by atoms with Crippen LogP contribution in [0.15, 0.2) is 60.7 Å². The molecule has 1 amide bonds. The number of rotatable bonds is 4. The van der Waals surface area contributed by atoms with Crippen LogP contribution in [0.5, 0.6) is 11.5 Å². The van der Waals surface area contributed by atoms with E-state index in [1.54, 1.807) is 6.07 Å². The molecule has 0 unspecified atom stereocenters. The lowest BCUT2D eigenvalue weighted by atomic mass is 9.96. The molecular formula is C21H19NO3. The summed E-state index contributed by atoms with van der Waals surface area (Å²) in [6.07, 6.45) is 1.79. The molecule has 0 bridgehead atoms. The van der Waals surface area contributed by atoms with Crippen LogP contribution >= 0.6 is 0 Å². The van der Waals surface area contributed by atoms with Crippen molar-refractivity contribution in [1.29, 1.82) is 0 Å². The average Bonchev–Trinajstić information content (AvgIpc) is 3.41. The highest BCUT2D eigenvalue weighted by molar-refractivity contribution is 5.98. The quantitative estimate of drug-likeness (QED) is 0.759. The van der Waals surface area contributed by atoms with Gasteiger partial charge >= 0.3 is 0 Å². The highest BCUT2D eigenvalue weighted by Gasteiger charge is 2.46. The van der Waals surface area contributed by atoms with Crippen LogP contribution in [0, 0.1) is 0 Å². The molecule has 0 aromatic heterocycles. The third kappa shape index (κ3) is 2.70. The van der Waals surface area contributed by atoms with Crippen LogP contribution in [0.4, 0.5) is 0 Å². The maximum atomic E-state index is 12.8. The number of carbonyl (C=O) groups is 1. The molecule has 1 saturated carbocycles. The van der Waals surface area contributed by atoms with Crippen LogP contribution in [0.1, 0.15) is 28.8 Å². The van der Waals surface area contributed by atoms with Gasteiger partial charge in [0.25, 0.3) is 5.91 Å². The van der Waals surface area contributed by atoms with Gasteiger partial charge in [-0.1, -0.05) is 42.5 Å². The first-order valence-corrected chi connectivity index (χ1v) is 8.31. The minimum Gasteiger partial charge on any atom is -0.508 e. The molecule has 0 radical (unpaired) electrons. The molecule has 4 heteroatoms. The van der Waals surface area contributed by atoms with Gasteiger partial charge in [-0.15, -0.1) is 0 Å². The molecule has 1 aliphatic carbocycles. The van der Waals surface area contributed by atoms with E-state index in [9.17, 15) is 9.90 Å². The molecule has 1 aliphatic rings. The van der Waals surface area contributed by atoms with E-state index >= 15 is 0 Å². The van der Waals surface area contributed by atoms with E-state index in [4.69, 9.17) is 4.74 Å². The summed E-state index contributed by atoms with van der Waals surface area (Å²) < 4.78 is 5.26. The topological polar surface area (TPSA) is 58.6 Å². The number of phenolic OH excluding ortho intramolecular Hbond substituents is 1. The number of ether oxygens (including phenoxy) is 1. The number of hydrogen-bond acceptors (Lipinski definition) is 3. The average molecular weight is 333 g/mol. The molecule has 0 heterocycles. The van der Waals surface area contributed by atoms with Crippen molar-refractivity contribution in [1.82, 2.24) is 5.32 Å². The lowest BCUT2D eigenvalue weighted by molar-refractivity contribution is 0.0927. The molecule has 0 atom stereocenters. The fraction of sp³-hybridized carbons (Fsp3) is 0.190. The maximum absolute atomic E-state index is 12.8. The van der Waals surface area contributed by atoms with E-state index < -0.39 is 0 Å². The van der Waals surface area contributed by atoms with Gasteiger partial charge in [-0.05, 0) is 47.4 Å². The van der Waals surface area contributed by atoms with Crippen LogP contribution in [0.2, 0.25) is 0 Å². The highest BCUT2D eigenvalue weighted by atomic mass is 16.5. The van der Waals surface area contributed by atoms with Crippen molar-refractivity contribution >= 4 is 16.7 Å². The van der Waals surface area contributed by atoms with Crippen LogP contribution in [0.25, 0.3) is 10.8 Å². The van der Waals surface area contributed by atoms with Gasteiger partial charge in [0.2, 0.25) is 0 Å². The summed E-state index contributed by atoms with van der Waals surface area (Å²) >= 11 is 0. The third-order valence-corrected chi connectivity index (χ3v) is 4.84. The lowest BCUT2D eigenvalue weighted by Gasteiger charge is -2.21. The normalized spacial score (nSPS) is 14.9. The zero-order valence-electron chi connectivity index (χ0n) is 14.0. The molecule has 0 spiro atoms. The van der Waals surface area contributed by atoms with E-state index in [-0.39, 0.29) is 17.2 Å². The Morgan fingerprint density at radius 2 is 1.84 bits per heavy atom. The van der Waals surface area contributed by atoms with Gasteiger partial charge in [-0.3, -0.25) is 4.79 Å². The summed E-state index contributed by atoms with van der Waals surface area (Å²) in [6, 6.07) is 18.9. The Balaban J connectivity index is 1.71. The van der Waals surface area contributed by atoms with Gasteiger partial charge in [0.15, 0.2) is 0 Å². The number of nitrogens with one attached hydrogen (secondary N) is 1. The Hall–Kier alpha value is -3.01. The monoisotopic (exact) mass is 333 g/mol. The van der Waals surface area contributed by atoms with E-state index in [1.165, 1.54) is 19.2 Å². The van der Waals surface area contributed by atoms with Crippen molar-refractivity contribution in [2.45, 2.75) is 18.4 Å². The van der Waals surface area contributed by atoms with Crippen molar-refractivity contribution < 1.29 is 14.6 Å². The number of methoxy groups -OCH3 is 1. The van der Waals surface area contributed by atoms with Gasteiger partial charge in [-0.25, -0.2) is 0 Å². The zero-order valence-corrected chi connectivity index (χ0v) is 14.0. The Morgan fingerprint density at radius 1 is 1.08 bits per heavy atom. The third-order valence-electron chi connectivity index (χ3n) is 4.84. The molecule has 1 fully saturated rings. The summed E-state index contributed by atoms with van der Waals surface area (Å²) in [5, 5.41) is 15.2. The molecule has 3 aromatic carbocycles. The first-order valence-electron chi connectivity index (χ1n) is 8.31. The SMILES string of the molecule is COc1ccc(O)cc1C(=O)NC1(c2cccc3ccccc23)CC1. The minimum atomic E-state index is -0.353. The van der Waals surface area contributed by atoms with Gasteiger partial charge in [-0.2, -0.15) is 0 Å². The summed E-state index contributed by atoms with van der Waals surface area (Å²) in [4.78, 5) is 12.8. The van der Waals surface area contributed by atoms with Crippen molar-refractivity contribution in [3.63, 3.8) is 0 Å². The van der Waals surface area contributed by atoms with Crippen molar-refractivity contribution in [2.75, 3.05) is 7.11 Å². The second-order valence-corrected chi connectivity index (χ2v) is 6.45. The van der Waals surface area contributed by atoms with Crippen LogP contribution in [0.3, 0.4) is 0 Å². The van der Waals surface area contributed by atoms with Gasteiger partial charge < -0.3 is 15.2 Å². The van der Waals surface area contributed by atoms with E-state index in [1.807, 2.05) is 18.2 Å². The van der Waals surface area contributed by atoms with E-state index in [0.29, 0.717) is 11.3 Å². The summed E-state index contributed by atoms with van der Waals surface area (Å²) in [5.41, 5.74) is 1.13. The first-order chi connectivity index (χ1) is 12.1. The smallest absolute Gasteiger partial charge is 0.255 e. The Bertz CT molecular complexity index is 955. The molecule has 0 aliphatic heterocycles. The van der Waals surface area contributed by atoms with Crippen LogP contribution in [-0.4, -0.2) is 18.1 Å². The second-order valence-electron chi connectivity index (χ2n) is 6.45. The van der Waals surface area contributed by atoms with Gasteiger partial charge in [0.05, 0.1) is 18.2 Å². The lowest BCUT2D eigenvalue weighted by Crippen LogP contribution is -2.35. The van der Waals surface area contributed by atoms with Crippen LogP contribution in [-0.2, 0) is 5.54 Å². The fourth-order valence-corrected chi connectivity index (χ4v) is 3.39. The van der Waals surface area contributed by atoms with E-state index in [0.717, 1.165) is 29.2 Å². The summed E-state index contributed by atoms with van der Waals surface area (Å²) in [7, 11) is 1.51. The Morgan fingerprint density at radius 3 is 2.60 bits per heavy atom.